The molecule has 10 nitrogen and oxygen atoms in total. The predicted molar refractivity (Wildman–Crippen MR) is 113 cm³/mol. The van der Waals surface area contributed by atoms with E-state index in [-0.39, 0.29) is 19.2 Å². The number of alkyl halides is 1. The van der Waals surface area contributed by atoms with E-state index in [1.807, 2.05) is 0 Å². The van der Waals surface area contributed by atoms with Crippen LogP contribution in [0.15, 0.2) is 23.6 Å². The highest BCUT2D eigenvalue weighted by atomic mass is 19.1. The van der Waals surface area contributed by atoms with Crippen LogP contribution in [0.1, 0.15) is 12.8 Å². The van der Waals surface area contributed by atoms with E-state index >= 15 is 0 Å². The van der Waals surface area contributed by atoms with Gasteiger partial charge in [0.2, 0.25) is 5.91 Å². The van der Waals surface area contributed by atoms with E-state index < -0.39 is 30.3 Å². The summed E-state index contributed by atoms with van der Waals surface area (Å²) in [5.74, 6) is -0.487. The molecule has 4 unspecified atom stereocenters. The lowest BCUT2D eigenvalue weighted by molar-refractivity contribution is -0.124. The fourth-order valence-electron chi connectivity index (χ4n) is 4.85. The molecule has 5 atom stereocenters. The zero-order chi connectivity index (χ0) is 22.0. The molecule has 1 aromatic rings. The monoisotopic (exact) mass is 435 g/mol. The van der Waals surface area contributed by atoms with E-state index in [1.165, 1.54) is 6.20 Å². The number of aromatic nitrogens is 1. The van der Waals surface area contributed by atoms with Crippen LogP contribution in [0.2, 0.25) is 0 Å². The lowest BCUT2D eigenvalue weighted by atomic mass is 9.86. The Morgan fingerprint density at radius 1 is 1.42 bits per heavy atom. The fourth-order valence-corrected chi connectivity index (χ4v) is 4.85. The number of carbonyl (C=O) groups excluding carboxylic acids is 1. The number of rotatable bonds is 7. The maximum absolute atomic E-state index is 13.7. The van der Waals surface area contributed by atoms with Gasteiger partial charge in [-0.3, -0.25) is 24.9 Å². The van der Waals surface area contributed by atoms with Crippen molar-refractivity contribution in [2.45, 2.75) is 37.4 Å². The Kier molecular flexibility index (Phi) is 6.75. The second-order valence-corrected chi connectivity index (χ2v) is 8.67. The third-order valence-corrected chi connectivity index (χ3v) is 6.56. The first kappa shape index (κ1) is 22.0. The second-order valence-electron chi connectivity index (χ2n) is 8.67. The summed E-state index contributed by atoms with van der Waals surface area (Å²) in [6.07, 6.45) is 2.42. The number of carbonyl (C=O) groups is 1. The van der Waals surface area contributed by atoms with Gasteiger partial charge in [-0.25, -0.2) is 4.39 Å². The number of amides is 1. The topological polar surface area (TPSA) is 125 Å². The molecule has 5 heterocycles. The van der Waals surface area contributed by atoms with E-state index in [9.17, 15) is 14.1 Å². The van der Waals surface area contributed by atoms with Crippen molar-refractivity contribution in [3.05, 3.63) is 23.4 Å². The van der Waals surface area contributed by atoms with Gasteiger partial charge < -0.3 is 15.8 Å². The number of nitrogens with two attached hydrogens (primary N) is 1. The molecule has 4 saturated heterocycles. The van der Waals surface area contributed by atoms with E-state index in [4.69, 9.17) is 10.5 Å². The minimum absolute atomic E-state index is 0.0582. The third-order valence-electron chi connectivity index (χ3n) is 6.56. The van der Waals surface area contributed by atoms with Gasteiger partial charge in [0.1, 0.15) is 29.6 Å². The summed E-state index contributed by atoms with van der Waals surface area (Å²) in [6, 6.07) is 1.72. The first-order valence-corrected chi connectivity index (χ1v) is 10.8. The zero-order valence-corrected chi connectivity index (χ0v) is 17.6. The summed E-state index contributed by atoms with van der Waals surface area (Å²) < 4.78 is 20.0. The van der Waals surface area contributed by atoms with E-state index in [2.05, 4.69) is 25.7 Å². The van der Waals surface area contributed by atoms with E-state index in [1.54, 1.807) is 24.2 Å². The smallest absolute Gasteiger partial charge is 0.234 e. The Balaban J connectivity index is 1.49. The van der Waals surface area contributed by atoms with Crippen molar-refractivity contribution in [3.63, 3.8) is 0 Å². The van der Waals surface area contributed by atoms with Gasteiger partial charge in [0.05, 0.1) is 12.4 Å². The Hall–Kier alpha value is -2.21. The molecule has 4 fully saturated rings. The molecule has 0 spiro atoms. The van der Waals surface area contributed by atoms with Crippen LogP contribution in [0.25, 0.3) is 0 Å². The number of anilines is 1. The minimum Gasteiger partial charge on any atom is -0.487 e. The van der Waals surface area contributed by atoms with Gasteiger partial charge >= 0.3 is 0 Å². The SMILES string of the molecule is CN1CC(F)CNC1C(C(=O)Nc1cnccc1O[C@@H]1CN2CCC1CC2)C(N)N=O. The van der Waals surface area contributed by atoms with Crippen molar-refractivity contribution in [2.75, 3.05) is 45.1 Å². The average molecular weight is 436 g/mol. The molecular weight excluding hydrogens is 405 g/mol. The average Bonchev–Trinajstić information content (AvgIpc) is 2.77. The maximum Gasteiger partial charge on any atom is 0.234 e. The number of halogens is 1. The molecular formula is C20H30FN7O3. The first-order chi connectivity index (χ1) is 15.0. The zero-order valence-electron chi connectivity index (χ0n) is 17.6. The highest BCUT2D eigenvalue weighted by molar-refractivity contribution is 5.94. The van der Waals surface area contributed by atoms with Crippen LogP contribution in [0, 0.1) is 16.7 Å². The third kappa shape index (κ3) is 4.84. The Bertz CT molecular complexity index is 792. The van der Waals surface area contributed by atoms with Gasteiger partial charge in [-0.2, -0.15) is 0 Å². The highest BCUT2D eigenvalue weighted by Gasteiger charge is 2.40. The van der Waals surface area contributed by atoms with Crippen molar-refractivity contribution in [2.24, 2.45) is 22.7 Å². The summed E-state index contributed by atoms with van der Waals surface area (Å²) in [5.41, 5.74) is 6.29. The quantitative estimate of drug-likeness (QED) is 0.525. The number of hydrogen-bond acceptors (Lipinski definition) is 9. The van der Waals surface area contributed by atoms with Crippen molar-refractivity contribution in [1.29, 1.82) is 0 Å². The number of pyridine rings is 1. The highest BCUT2D eigenvalue weighted by Crippen LogP contribution is 2.33. The molecule has 0 aliphatic carbocycles. The number of nitroso groups, excluding NO2 is 1. The van der Waals surface area contributed by atoms with Crippen molar-refractivity contribution >= 4 is 11.6 Å². The van der Waals surface area contributed by atoms with Gasteiger partial charge in [-0.15, -0.1) is 4.91 Å². The Morgan fingerprint density at radius 3 is 2.84 bits per heavy atom. The van der Waals surface area contributed by atoms with Gasteiger partial charge in [-0.05, 0) is 38.9 Å². The Labute approximate surface area is 180 Å². The number of hydrogen-bond donors (Lipinski definition) is 3. The van der Waals surface area contributed by atoms with Gasteiger partial charge in [0.15, 0.2) is 6.17 Å². The molecule has 170 valence electrons. The maximum atomic E-state index is 13.7. The van der Waals surface area contributed by atoms with Crippen LogP contribution in [0.3, 0.4) is 0 Å². The largest absolute Gasteiger partial charge is 0.487 e. The predicted octanol–water partition coefficient (Wildman–Crippen LogP) is 0.360. The van der Waals surface area contributed by atoms with Crippen molar-refractivity contribution in [3.8, 4) is 5.75 Å². The van der Waals surface area contributed by atoms with E-state index in [0.717, 1.165) is 32.5 Å². The van der Waals surface area contributed by atoms with E-state index in [0.29, 0.717) is 17.4 Å². The van der Waals surface area contributed by atoms with Crippen LogP contribution in [0.5, 0.6) is 5.75 Å². The minimum atomic E-state index is -1.29. The van der Waals surface area contributed by atoms with Crippen LogP contribution in [0.4, 0.5) is 10.1 Å². The summed E-state index contributed by atoms with van der Waals surface area (Å²) >= 11 is 0. The van der Waals surface area contributed by atoms with Gasteiger partial charge in [-0.1, -0.05) is 5.18 Å². The second kappa shape index (κ2) is 9.51. The summed E-state index contributed by atoms with van der Waals surface area (Å²) in [7, 11) is 1.67. The molecule has 4 N–H and O–H groups in total. The molecule has 1 aromatic heterocycles. The molecule has 11 heteroatoms. The number of nitrogens with one attached hydrogen (secondary N) is 2. The number of ether oxygens (including phenoxy) is 1. The fraction of sp³-hybridized carbons (Fsp3) is 0.700. The molecule has 4 aliphatic heterocycles. The molecule has 31 heavy (non-hydrogen) atoms. The van der Waals surface area contributed by atoms with Crippen LogP contribution < -0.4 is 21.1 Å². The normalized spacial score (nSPS) is 32.8. The molecule has 5 rings (SSSR count). The number of nitrogens with zero attached hydrogens (tertiary/aromatic N) is 4. The molecule has 2 bridgehead atoms. The molecule has 1 amide bonds. The molecule has 4 aliphatic rings. The van der Waals surface area contributed by atoms with Crippen LogP contribution in [-0.2, 0) is 4.79 Å². The molecule has 0 saturated carbocycles. The van der Waals surface area contributed by atoms with Crippen molar-refractivity contribution < 1.29 is 13.9 Å². The summed E-state index contributed by atoms with van der Waals surface area (Å²) in [5, 5.41) is 8.64. The van der Waals surface area contributed by atoms with Crippen LogP contribution in [-0.4, -0.2) is 85.1 Å². The Morgan fingerprint density at radius 2 is 2.19 bits per heavy atom. The standard InChI is InChI=1S/C20H30FN7O3/c1-27-10-13(21)8-24-19(27)17(18(22)26-30)20(29)25-14-9-23-5-2-15(14)31-16-11-28-6-3-12(16)4-7-28/h2,5,9,12-13,16-19,24H,3-4,6-8,10-11,22H2,1H3,(H,25,29)/t13?,16-,17?,18?,19?/m1/s1. The number of piperidine rings is 3. The first-order valence-electron chi connectivity index (χ1n) is 10.8. The lowest BCUT2D eigenvalue weighted by Gasteiger charge is -2.44. The summed E-state index contributed by atoms with van der Waals surface area (Å²) in [4.78, 5) is 32.5. The van der Waals surface area contributed by atoms with Crippen LogP contribution >= 0.6 is 0 Å². The molecule has 0 radical (unpaired) electrons. The van der Waals surface area contributed by atoms with Gasteiger partial charge in [0, 0.05) is 31.9 Å². The van der Waals surface area contributed by atoms with Gasteiger partial charge in [0.25, 0.3) is 0 Å². The summed E-state index contributed by atoms with van der Waals surface area (Å²) in [6.45, 7) is 3.28. The molecule has 0 aromatic carbocycles. The lowest BCUT2D eigenvalue weighted by Crippen LogP contribution is -2.62. The van der Waals surface area contributed by atoms with Crippen molar-refractivity contribution in [1.82, 2.24) is 20.1 Å². The number of fused-ring (bicyclic) bond motifs is 3.